The molecule has 1 fully saturated rings. The molecule has 116 valence electrons. The van der Waals surface area contributed by atoms with Crippen LogP contribution in [0.15, 0.2) is 34.1 Å². The lowest BCUT2D eigenvalue weighted by atomic mass is 9.88. The van der Waals surface area contributed by atoms with Crippen molar-refractivity contribution in [3.8, 4) is 0 Å². The molecule has 2 aromatic rings. The first-order valence-corrected chi connectivity index (χ1v) is 9.46. The lowest BCUT2D eigenvalue weighted by molar-refractivity contribution is 0.102. The molecule has 22 heavy (non-hydrogen) atoms. The number of carbonyl (C=O) groups excluding carboxylic acids is 1. The average molecular weight is 378 g/mol. The minimum absolute atomic E-state index is 0.0235. The van der Waals surface area contributed by atoms with Gasteiger partial charge in [-0.25, -0.2) is 0 Å². The van der Waals surface area contributed by atoms with Crippen LogP contribution in [0.3, 0.4) is 0 Å². The topological polar surface area (TPSA) is 29.1 Å². The SMILES string of the molecule is Cc1ccc(Br)c(NC(=O)c2csc(C3CCCCC3)c2)c1. The van der Waals surface area contributed by atoms with E-state index in [0.29, 0.717) is 5.92 Å². The van der Waals surface area contributed by atoms with Crippen molar-refractivity contribution in [2.75, 3.05) is 5.32 Å². The predicted molar refractivity (Wildman–Crippen MR) is 97.0 cm³/mol. The van der Waals surface area contributed by atoms with Crippen LogP contribution in [0.25, 0.3) is 0 Å². The number of carbonyl (C=O) groups is 1. The van der Waals surface area contributed by atoms with Crippen molar-refractivity contribution in [2.24, 2.45) is 0 Å². The highest BCUT2D eigenvalue weighted by Gasteiger charge is 2.19. The summed E-state index contributed by atoms with van der Waals surface area (Å²) in [6.07, 6.45) is 6.53. The Hall–Kier alpha value is -1.13. The van der Waals surface area contributed by atoms with Gasteiger partial charge in [-0.15, -0.1) is 11.3 Å². The lowest BCUT2D eigenvalue weighted by Gasteiger charge is -2.19. The number of anilines is 1. The van der Waals surface area contributed by atoms with Crippen LogP contribution in [0.2, 0.25) is 0 Å². The van der Waals surface area contributed by atoms with E-state index in [1.165, 1.54) is 37.0 Å². The van der Waals surface area contributed by atoms with E-state index < -0.39 is 0 Å². The van der Waals surface area contributed by atoms with Crippen molar-refractivity contribution in [1.29, 1.82) is 0 Å². The zero-order chi connectivity index (χ0) is 15.5. The first-order chi connectivity index (χ1) is 10.6. The zero-order valence-corrected chi connectivity index (χ0v) is 15.1. The molecular formula is C18H20BrNOS. The number of amides is 1. The highest BCUT2D eigenvalue weighted by atomic mass is 79.9. The molecule has 0 bridgehead atoms. The summed E-state index contributed by atoms with van der Waals surface area (Å²) in [4.78, 5) is 13.8. The third-order valence-electron chi connectivity index (χ3n) is 4.26. The van der Waals surface area contributed by atoms with Crippen molar-refractivity contribution in [2.45, 2.75) is 44.9 Å². The molecule has 2 nitrogen and oxygen atoms in total. The fourth-order valence-corrected chi connectivity index (χ4v) is 4.41. The number of benzene rings is 1. The van der Waals surface area contributed by atoms with Crippen LogP contribution in [-0.2, 0) is 0 Å². The van der Waals surface area contributed by atoms with E-state index in [1.807, 2.05) is 30.5 Å². The van der Waals surface area contributed by atoms with Gasteiger partial charge in [0.25, 0.3) is 5.91 Å². The molecule has 1 heterocycles. The number of hydrogen-bond acceptors (Lipinski definition) is 2. The molecule has 1 aliphatic rings. The fraction of sp³-hybridized carbons (Fsp3) is 0.389. The van der Waals surface area contributed by atoms with Gasteiger partial charge in [-0.2, -0.15) is 0 Å². The molecule has 3 rings (SSSR count). The highest BCUT2D eigenvalue weighted by molar-refractivity contribution is 9.10. The molecule has 0 saturated heterocycles. The lowest BCUT2D eigenvalue weighted by Crippen LogP contribution is -2.11. The second-order valence-corrected chi connectivity index (χ2v) is 7.81. The second kappa shape index (κ2) is 6.97. The van der Waals surface area contributed by atoms with Crippen LogP contribution in [0, 0.1) is 6.92 Å². The Morgan fingerprint density at radius 1 is 1.23 bits per heavy atom. The largest absolute Gasteiger partial charge is 0.321 e. The number of hydrogen-bond donors (Lipinski definition) is 1. The smallest absolute Gasteiger partial charge is 0.256 e. The summed E-state index contributed by atoms with van der Waals surface area (Å²) < 4.78 is 0.911. The van der Waals surface area contributed by atoms with E-state index >= 15 is 0 Å². The summed E-state index contributed by atoms with van der Waals surface area (Å²) in [7, 11) is 0. The number of rotatable bonds is 3. The molecule has 1 saturated carbocycles. The van der Waals surface area contributed by atoms with Crippen molar-refractivity contribution < 1.29 is 4.79 Å². The van der Waals surface area contributed by atoms with E-state index in [0.717, 1.165) is 21.3 Å². The molecule has 0 radical (unpaired) electrons. The van der Waals surface area contributed by atoms with Gasteiger partial charge in [0.05, 0.1) is 11.3 Å². The third-order valence-corrected chi connectivity index (χ3v) is 6.05. The summed E-state index contributed by atoms with van der Waals surface area (Å²) in [6.45, 7) is 2.02. The minimum Gasteiger partial charge on any atom is -0.321 e. The first kappa shape index (κ1) is 15.8. The van der Waals surface area contributed by atoms with Crippen LogP contribution < -0.4 is 5.32 Å². The number of halogens is 1. The molecule has 0 spiro atoms. The van der Waals surface area contributed by atoms with Crippen molar-refractivity contribution in [1.82, 2.24) is 0 Å². The molecule has 4 heteroatoms. The molecular weight excluding hydrogens is 358 g/mol. The first-order valence-electron chi connectivity index (χ1n) is 7.79. The maximum absolute atomic E-state index is 12.4. The van der Waals surface area contributed by atoms with Crippen LogP contribution in [-0.4, -0.2) is 5.91 Å². The summed E-state index contributed by atoms with van der Waals surface area (Å²) >= 11 is 5.22. The second-order valence-electron chi connectivity index (χ2n) is 6.01. The molecule has 1 N–H and O–H groups in total. The van der Waals surface area contributed by atoms with Gasteiger partial charge in [0.1, 0.15) is 0 Å². The van der Waals surface area contributed by atoms with Crippen LogP contribution in [0.4, 0.5) is 5.69 Å². The minimum atomic E-state index is -0.0235. The Balaban J connectivity index is 1.72. The maximum Gasteiger partial charge on any atom is 0.256 e. The predicted octanol–water partition coefficient (Wildman–Crippen LogP) is 6.12. The van der Waals surface area contributed by atoms with Gasteiger partial charge in [0.15, 0.2) is 0 Å². The molecule has 0 atom stereocenters. The Morgan fingerprint density at radius 2 is 2.00 bits per heavy atom. The molecule has 1 aliphatic carbocycles. The Kier molecular flexibility index (Phi) is 4.99. The van der Waals surface area contributed by atoms with E-state index in [9.17, 15) is 4.79 Å². The maximum atomic E-state index is 12.4. The van der Waals surface area contributed by atoms with E-state index in [1.54, 1.807) is 11.3 Å². The third kappa shape index (κ3) is 3.61. The average Bonchev–Trinajstić information content (AvgIpc) is 3.02. The molecule has 0 aliphatic heterocycles. The van der Waals surface area contributed by atoms with Gasteiger partial charge in [0, 0.05) is 14.7 Å². The monoisotopic (exact) mass is 377 g/mol. The van der Waals surface area contributed by atoms with E-state index in [-0.39, 0.29) is 5.91 Å². The number of thiophene rings is 1. The Morgan fingerprint density at radius 3 is 2.77 bits per heavy atom. The van der Waals surface area contributed by atoms with Crippen molar-refractivity contribution in [3.63, 3.8) is 0 Å². The van der Waals surface area contributed by atoms with Gasteiger partial charge in [-0.3, -0.25) is 4.79 Å². The van der Waals surface area contributed by atoms with Gasteiger partial charge >= 0.3 is 0 Å². The van der Waals surface area contributed by atoms with E-state index in [2.05, 4.69) is 27.3 Å². The summed E-state index contributed by atoms with van der Waals surface area (Å²) in [5.41, 5.74) is 2.74. The summed E-state index contributed by atoms with van der Waals surface area (Å²) in [5, 5.41) is 4.99. The normalized spacial score (nSPS) is 15.7. The number of aryl methyl sites for hydroxylation is 1. The van der Waals surface area contributed by atoms with Gasteiger partial charge in [0.2, 0.25) is 0 Å². The van der Waals surface area contributed by atoms with Crippen LogP contribution in [0.1, 0.15) is 58.8 Å². The highest BCUT2D eigenvalue weighted by Crippen LogP contribution is 2.36. The fourth-order valence-electron chi connectivity index (χ4n) is 3.00. The molecule has 1 aromatic heterocycles. The van der Waals surface area contributed by atoms with Crippen LogP contribution in [0.5, 0.6) is 0 Å². The molecule has 1 amide bonds. The standard InChI is InChI=1S/C18H20BrNOS/c1-12-7-8-15(19)16(9-12)20-18(21)14-10-17(22-11-14)13-5-3-2-4-6-13/h7-11,13H,2-6H2,1H3,(H,20,21). The van der Waals surface area contributed by atoms with Gasteiger partial charge < -0.3 is 5.32 Å². The molecule has 1 aromatic carbocycles. The molecule has 0 unspecified atom stereocenters. The van der Waals surface area contributed by atoms with E-state index in [4.69, 9.17) is 0 Å². The van der Waals surface area contributed by atoms with Crippen molar-refractivity contribution in [3.05, 3.63) is 50.1 Å². The quantitative estimate of drug-likeness (QED) is 0.685. The van der Waals surface area contributed by atoms with Gasteiger partial charge in [-0.05, 0) is 65.4 Å². The zero-order valence-electron chi connectivity index (χ0n) is 12.7. The van der Waals surface area contributed by atoms with Crippen LogP contribution >= 0.6 is 27.3 Å². The van der Waals surface area contributed by atoms with Crippen molar-refractivity contribution >= 4 is 38.9 Å². The number of nitrogens with one attached hydrogen (secondary N) is 1. The van der Waals surface area contributed by atoms with Gasteiger partial charge in [-0.1, -0.05) is 25.3 Å². The Labute approximate surface area is 144 Å². The summed E-state index contributed by atoms with van der Waals surface area (Å²) in [6, 6.07) is 8.05. The summed E-state index contributed by atoms with van der Waals surface area (Å²) in [5.74, 6) is 0.635. The Bertz CT molecular complexity index is 673.